The fourth-order valence-corrected chi connectivity index (χ4v) is 9.22. The van der Waals surface area contributed by atoms with Crippen molar-refractivity contribution in [1.29, 1.82) is 0 Å². The van der Waals surface area contributed by atoms with Gasteiger partial charge in [0.05, 0.1) is 23.5 Å². The summed E-state index contributed by atoms with van der Waals surface area (Å²) in [7, 11) is -5.10. The third-order valence-electron chi connectivity index (χ3n) is 10.9. The van der Waals surface area contributed by atoms with Crippen molar-refractivity contribution >= 4 is 39.9 Å². The number of rotatable bonds is 5. The SMILES string of the molecule is CC(C)(C)OC(=O)N[C@H]1CCCCCCC[C@@H]2C[C@@]2(C(=O)NS(=O)(=O)c2ccccc2C(F)(F)F)NC(=O)[C@@H]2C[C@@H](OC(=O)N3Cc4cccc(F)c4C3)CN2C1=O. The number of nitrogens with zero attached hydrogens (tertiary/aromatic N) is 2. The molecule has 2 aromatic carbocycles. The zero-order valence-electron chi connectivity index (χ0n) is 32.3. The summed E-state index contributed by atoms with van der Waals surface area (Å²) in [4.78, 5) is 70.2. The van der Waals surface area contributed by atoms with Crippen LogP contribution in [0.15, 0.2) is 47.4 Å². The van der Waals surface area contributed by atoms with Crippen molar-refractivity contribution in [3.05, 3.63) is 65.0 Å². The Morgan fingerprint density at radius 3 is 2.31 bits per heavy atom. The number of nitrogens with one attached hydrogen (secondary N) is 3. The van der Waals surface area contributed by atoms with Gasteiger partial charge < -0.3 is 25.0 Å². The molecule has 58 heavy (non-hydrogen) atoms. The lowest BCUT2D eigenvalue weighted by Crippen LogP contribution is -2.58. The minimum absolute atomic E-state index is 0.0327. The number of sulfonamides is 1. The summed E-state index contributed by atoms with van der Waals surface area (Å²) in [5, 5.41) is 5.26. The molecule has 0 aromatic heterocycles. The highest BCUT2D eigenvalue weighted by Crippen LogP contribution is 2.48. The molecule has 5 amide bonds. The van der Waals surface area contributed by atoms with Crippen molar-refractivity contribution in [2.45, 2.75) is 132 Å². The third kappa shape index (κ3) is 9.50. The number of hydrogen-bond donors (Lipinski definition) is 3. The van der Waals surface area contributed by atoms with Crippen molar-refractivity contribution < 1.29 is 59.4 Å². The van der Waals surface area contributed by atoms with E-state index in [-0.39, 0.29) is 38.9 Å². The van der Waals surface area contributed by atoms with E-state index < -0.39 is 97.6 Å². The molecule has 3 fully saturated rings. The van der Waals surface area contributed by atoms with Gasteiger partial charge in [0.1, 0.15) is 35.1 Å². The van der Waals surface area contributed by atoms with Crippen LogP contribution in [-0.4, -0.2) is 84.0 Å². The highest BCUT2D eigenvalue weighted by molar-refractivity contribution is 7.90. The summed E-state index contributed by atoms with van der Waals surface area (Å²) >= 11 is 0. The normalized spacial score (nSPS) is 25.6. The zero-order chi connectivity index (χ0) is 42.2. The van der Waals surface area contributed by atoms with Crippen molar-refractivity contribution in [3.63, 3.8) is 0 Å². The maximum atomic E-state index is 14.5. The van der Waals surface area contributed by atoms with Crippen LogP contribution in [0.5, 0.6) is 0 Å². The first-order valence-corrected chi connectivity index (χ1v) is 20.7. The van der Waals surface area contributed by atoms with Crippen molar-refractivity contribution in [2.24, 2.45) is 5.92 Å². The molecule has 2 aromatic rings. The van der Waals surface area contributed by atoms with Crippen LogP contribution in [-0.2, 0) is 53.1 Å². The van der Waals surface area contributed by atoms with E-state index in [1.807, 2.05) is 0 Å². The molecule has 5 atom stereocenters. The number of carbonyl (C=O) groups is 5. The molecular formula is C39H47F4N5O9S. The van der Waals surface area contributed by atoms with Crippen LogP contribution in [0.1, 0.15) is 95.2 Å². The molecule has 14 nitrogen and oxygen atoms in total. The van der Waals surface area contributed by atoms with E-state index in [2.05, 4.69) is 10.6 Å². The fourth-order valence-electron chi connectivity index (χ4n) is 7.95. The maximum Gasteiger partial charge on any atom is 0.417 e. The van der Waals surface area contributed by atoms with Gasteiger partial charge in [0.15, 0.2) is 0 Å². The number of alkyl carbamates (subject to hydrolysis) is 1. The average molecular weight is 838 g/mol. The Labute approximate surface area is 333 Å². The molecule has 2 saturated heterocycles. The summed E-state index contributed by atoms with van der Waals surface area (Å²) in [5.74, 6) is -3.92. The van der Waals surface area contributed by atoms with Crippen molar-refractivity contribution in [1.82, 2.24) is 25.2 Å². The second kappa shape index (κ2) is 16.4. The van der Waals surface area contributed by atoms with E-state index in [9.17, 15) is 50.0 Å². The first-order valence-electron chi connectivity index (χ1n) is 19.3. The Balaban J connectivity index is 1.27. The van der Waals surface area contributed by atoms with Crippen LogP contribution in [0.2, 0.25) is 0 Å². The Morgan fingerprint density at radius 1 is 0.931 bits per heavy atom. The second-order valence-electron chi connectivity index (χ2n) is 16.3. The number of fused-ring (bicyclic) bond motifs is 3. The summed E-state index contributed by atoms with van der Waals surface area (Å²) < 4.78 is 95.6. The first-order chi connectivity index (χ1) is 27.2. The van der Waals surface area contributed by atoms with Gasteiger partial charge >= 0.3 is 18.4 Å². The lowest BCUT2D eigenvalue weighted by atomic mass is 10.0. The summed E-state index contributed by atoms with van der Waals surface area (Å²) in [5.41, 5.74) is -3.33. The van der Waals surface area contributed by atoms with Gasteiger partial charge in [0, 0.05) is 18.5 Å². The molecule has 19 heteroatoms. The number of hydrogen-bond acceptors (Lipinski definition) is 9. The van der Waals surface area contributed by atoms with Gasteiger partial charge in [-0.1, -0.05) is 56.4 Å². The monoisotopic (exact) mass is 837 g/mol. The molecule has 0 radical (unpaired) electrons. The van der Waals surface area contributed by atoms with Gasteiger partial charge in [-0.25, -0.2) is 27.1 Å². The van der Waals surface area contributed by atoms with Crippen LogP contribution in [0.3, 0.4) is 0 Å². The van der Waals surface area contributed by atoms with E-state index in [0.29, 0.717) is 55.7 Å². The lowest BCUT2D eigenvalue weighted by molar-refractivity contribution is -0.141. The van der Waals surface area contributed by atoms with Crippen molar-refractivity contribution in [3.8, 4) is 0 Å². The van der Waals surface area contributed by atoms with Crippen LogP contribution >= 0.6 is 0 Å². The van der Waals surface area contributed by atoms with Gasteiger partial charge in [-0.15, -0.1) is 0 Å². The summed E-state index contributed by atoms with van der Waals surface area (Å²) in [6.45, 7) is 4.62. The molecule has 1 aliphatic carbocycles. The molecule has 3 heterocycles. The molecule has 0 bridgehead atoms. The topological polar surface area (TPSA) is 181 Å². The fraction of sp³-hybridized carbons (Fsp3) is 0.564. The predicted molar refractivity (Wildman–Crippen MR) is 197 cm³/mol. The number of alkyl halides is 3. The number of carbonyl (C=O) groups excluding carboxylic acids is 5. The number of halogens is 4. The van der Waals surface area contributed by atoms with Gasteiger partial charge in [0.25, 0.3) is 15.9 Å². The average Bonchev–Trinajstić information content (AvgIpc) is 3.42. The van der Waals surface area contributed by atoms with E-state index >= 15 is 0 Å². The van der Waals surface area contributed by atoms with E-state index in [4.69, 9.17) is 9.47 Å². The molecule has 1 saturated carbocycles. The number of amides is 5. The molecule has 3 aliphatic heterocycles. The smallest absolute Gasteiger partial charge is 0.417 e. The molecular weight excluding hydrogens is 791 g/mol. The van der Waals surface area contributed by atoms with Gasteiger partial charge in [-0.2, -0.15) is 13.2 Å². The molecule has 0 spiro atoms. The Hall–Kier alpha value is -4.94. The second-order valence-corrected chi connectivity index (χ2v) is 18.0. The van der Waals surface area contributed by atoms with Gasteiger partial charge in [-0.05, 0) is 69.7 Å². The van der Waals surface area contributed by atoms with Crippen LogP contribution < -0.4 is 15.4 Å². The zero-order valence-corrected chi connectivity index (χ0v) is 33.1. The first kappa shape index (κ1) is 42.7. The van der Waals surface area contributed by atoms with Gasteiger partial charge in [-0.3, -0.25) is 19.3 Å². The van der Waals surface area contributed by atoms with E-state index in [1.54, 1.807) is 31.6 Å². The quantitative estimate of drug-likeness (QED) is 0.338. The standard InChI is InChI=1S/C39H47F4N5O9S/c1-37(2,3)57-35(52)44-29-16-8-6-4-5-7-13-24-19-38(24,34(51)46-58(54,55)31-17-10-9-14-27(31)39(41,42)43)45-32(49)30-18-25(21-48(30)33(29)50)56-36(53)47-20-23-12-11-15-28(40)26(23)22-47/h9-12,14-15,17,24-25,29-30H,4-8,13,16,18-22H2,1-3H3,(H,44,52)(H,45,49)(H,46,51)/t24-,25-,29+,30+,38-/m1/s1. The Bertz CT molecular complexity index is 2060. The Morgan fingerprint density at radius 2 is 1.62 bits per heavy atom. The van der Waals surface area contributed by atoms with Crippen LogP contribution in [0, 0.1) is 11.7 Å². The van der Waals surface area contributed by atoms with Crippen LogP contribution in [0.25, 0.3) is 0 Å². The summed E-state index contributed by atoms with van der Waals surface area (Å²) in [6.07, 6.45) is -4.45. The maximum absolute atomic E-state index is 14.5. The third-order valence-corrected chi connectivity index (χ3v) is 12.3. The number of ether oxygens (including phenoxy) is 2. The molecule has 3 N–H and O–H groups in total. The van der Waals surface area contributed by atoms with Gasteiger partial charge in [0.2, 0.25) is 11.8 Å². The minimum Gasteiger partial charge on any atom is -0.444 e. The van der Waals surface area contributed by atoms with E-state index in [0.717, 1.165) is 23.1 Å². The van der Waals surface area contributed by atoms with Crippen molar-refractivity contribution in [2.75, 3.05) is 6.54 Å². The molecule has 0 unspecified atom stereocenters. The number of benzene rings is 2. The largest absolute Gasteiger partial charge is 0.444 e. The Kier molecular flexibility index (Phi) is 12.0. The molecule has 4 aliphatic rings. The minimum atomic E-state index is -5.10. The van der Waals surface area contributed by atoms with Crippen LogP contribution in [0.4, 0.5) is 27.2 Å². The molecule has 6 rings (SSSR count). The van der Waals surface area contributed by atoms with E-state index in [1.165, 1.54) is 17.0 Å². The highest BCUT2D eigenvalue weighted by atomic mass is 32.2. The predicted octanol–water partition coefficient (Wildman–Crippen LogP) is 5.28. The lowest BCUT2D eigenvalue weighted by Gasteiger charge is -2.30. The highest BCUT2D eigenvalue weighted by Gasteiger charge is 2.62. The summed E-state index contributed by atoms with van der Waals surface area (Å²) in [6, 6.07) is 5.28. The molecule has 316 valence electrons.